The van der Waals surface area contributed by atoms with Gasteiger partial charge in [-0.3, -0.25) is 19.8 Å². The molecule has 0 saturated carbocycles. The van der Waals surface area contributed by atoms with E-state index in [1.54, 1.807) is 48.5 Å². The number of para-hydroxylation sites is 1. The zero-order valence-corrected chi connectivity index (χ0v) is 21.2. The van der Waals surface area contributed by atoms with Crippen molar-refractivity contribution in [1.29, 1.82) is 0 Å². The van der Waals surface area contributed by atoms with Crippen LogP contribution in [-0.2, 0) is 16.0 Å². The van der Waals surface area contributed by atoms with Crippen LogP contribution in [-0.4, -0.2) is 23.5 Å². The van der Waals surface area contributed by atoms with Crippen molar-refractivity contribution in [2.45, 2.75) is 13.3 Å². The van der Waals surface area contributed by atoms with E-state index in [2.05, 4.69) is 27.9 Å². The summed E-state index contributed by atoms with van der Waals surface area (Å²) >= 11 is 7.40. The summed E-state index contributed by atoms with van der Waals surface area (Å²) in [5.41, 5.74) is 2.53. The van der Waals surface area contributed by atoms with Crippen LogP contribution in [0.15, 0.2) is 72.3 Å². The van der Waals surface area contributed by atoms with Crippen molar-refractivity contribution in [3.05, 3.63) is 98.4 Å². The Morgan fingerprint density at radius 3 is 2.50 bits per heavy atom. The number of amides is 2. The van der Waals surface area contributed by atoms with Crippen molar-refractivity contribution in [2.24, 2.45) is 0 Å². The fraction of sp³-hybridized carbons (Fsp3) is 0.115. The first kappa shape index (κ1) is 24.0. The summed E-state index contributed by atoms with van der Waals surface area (Å²) in [7, 11) is 0. The van der Waals surface area contributed by atoms with Crippen molar-refractivity contribution in [3.8, 4) is 5.75 Å². The predicted molar refractivity (Wildman–Crippen MR) is 142 cm³/mol. The van der Waals surface area contributed by atoms with Gasteiger partial charge in [-0.2, -0.15) is 0 Å². The van der Waals surface area contributed by atoms with Crippen LogP contribution in [0.25, 0.3) is 6.08 Å². The predicted octanol–water partition coefficient (Wildman–Crippen LogP) is 5.25. The van der Waals surface area contributed by atoms with Gasteiger partial charge in [0.25, 0.3) is 11.8 Å². The van der Waals surface area contributed by atoms with E-state index in [0.717, 1.165) is 9.13 Å². The topological polar surface area (TPSA) is 58.6 Å². The second-order valence-electron chi connectivity index (χ2n) is 7.47. The molecule has 1 saturated heterocycles. The molecule has 1 aliphatic heterocycles. The maximum atomic E-state index is 14.3. The summed E-state index contributed by atoms with van der Waals surface area (Å²) in [4.78, 5) is 27.2. The quantitative estimate of drug-likeness (QED) is 0.186. The Bertz CT molecular complexity index is 1310. The molecule has 0 spiro atoms. The minimum Gasteiger partial charge on any atom is -0.494 e. The summed E-state index contributed by atoms with van der Waals surface area (Å²) in [5.74, 6) is -0.786. The van der Waals surface area contributed by atoms with Gasteiger partial charge in [-0.1, -0.05) is 36.4 Å². The fourth-order valence-electron chi connectivity index (χ4n) is 3.64. The first-order chi connectivity index (χ1) is 16.4. The van der Waals surface area contributed by atoms with Crippen molar-refractivity contribution < 1.29 is 18.7 Å². The molecule has 0 atom stereocenters. The van der Waals surface area contributed by atoms with Crippen LogP contribution in [0.2, 0.25) is 0 Å². The van der Waals surface area contributed by atoms with Crippen molar-refractivity contribution in [2.75, 3.05) is 11.5 Å². The lowest BCUT2D eigenvalue weighted by Crippen LogP contribution is -2.54. The van der Waals surface area contributed by atoms with Crippen LogP contribution < -0.4 is 15.0 Å². The molecule has 0 unspecified atom stereocenters. The molecular weight excluding hydrogens is 566 g/mol. The number of carbonyl (C=O) groups excluding carboxylic acids is 2. The number of benzene rings is 3. The molecule has 5 nitrogen and oxygen atoms in total. The summed E-state index contributed by atoms with van der Waals surface area (Å²) in [6.45, 7) is 2.28. The Kier molecular flexibility index (Phi) is 7.38. The largest absolute Gasteiger partial charge is 0.494 e. The van der Waals surface area contributed by atoms with Crippen LogP contribution in [0.3, 0.4) is 0 Å². The average Bonchev–Trinajstić information content (AvgIpc) is 2.81. The monoisotopic (exact) mass is 586 g/mol. The molecule has 1 heterocycles. The fourth-order valence-corrected chi connectivity index (χ4v) is 4.74. The molecule has 0 radical (unpaired) electrons. The zero-order valence-electron chi connectivity index (χ0n) is 18.2. The van der Waals surface area contributed by atoms with E-state index in [1.165, 1.54) is 17.0 Å². The summed E-state index contributed by atoms with van der Waals surface area (Å²) in [6.07, 6.45) is 1.87. The molecule has 34 heavy (non-hydrogen) atoms. The third-order valence-corrected chi connectivity index (χ3v) is 6.48. The Morgan fingerprint density at radius 2 is 1.79 bits per heavy atom. The Labute approximate surface area is 215 Å². The lowest BCUT2D eigenvalue weighted by molar-refractivity contribution is -0.122. The summed E-state index contributed by atoms with van der Waals surface area (Å²) in [5, 5.41) is 2.62. The van der Waals surface area contributed by atoms with Gasteiger partial charge in [0.15, 0.2) is 5.11 Å². The van der Waals surface area contributed by atoms with Crippen LogP contribution in [0.1, 0.15) is 23.6 Å². The zero-order chi connectivity index (χ0) is 24.2. The minimum absolute atomic E-state index is 0.0307. The van der Waals surface area contributed by atoms with Gasteiger partial charge in [0, 0.05) is 15.6 Å². The summed E-state index contributed by atoms with van der Waals surface area (Å²) in [6, 6.07) is 19.1. The van der Waals surface area contributed by atoms with Gasteiger partial charge in [-0.05, 0) is 89.3 Å². The highest BCUT2D eigenvalue weighted by atomic mass is 127. The van der Waals surface area contributed by atoms with Gasteiger partial charge in [-0.15, -0.1) is 0 Å². The molecule has 3 aromatic rings. The maximum Gasteiger partial charge on any atom is 0.270 e. The number of rotatable bonds is 6. The van der Waals surface area contributed by atoms with E-state index < -0.39 is 11.8 Å². The second-order valence-corrected chi connectivity index (χ2v) is 9.02. The van der Waals surface area contributed by atoms with Crippen molar-refractivity contribution in [3.63, 3.8) is 0 Å². The number of thiocarbonyl (C=S) groups is 1. The van der Waals surface area contributed by atoms with Crippen molar-refractivity contribution >= 4 is 63.5 Å². The highest BCUT2D eigenvalue weighted by Gasteiger charge is 2.34. The van der Waals surface area contributed by atoms with Gasteiger partial charge in [0.05, 0.1) is 12.3 Å². The number of carbonyl (C=O) groups is 2. The third kappa shape index (κ3) is 5.02. The van der Waals surface area contributed by atoms with Gasteiger partial charge in [0.2, 0.25) is 0 Å². The molecule has 2 amide bonds. The average molecular weight is 586 g/mol. The van der Waals surface area contributed by atoms with E-state index in [1.807, 2.05) is 19.1 Å². The van der Waals surface area contributed by atoms with Gasteiger partial charge in [-0.25, -0.2) is 4.39 Å². The first-order valence-electron chi connectivity index (χ1n) is 10.5. The third-order valence-electron chi connectivity index (χ3n) is 5.23. The molecule has 1 aliphatic rings. The molecule has 4 rings (SSSR count). The number of hydrogen-bond acceptors (Lipinski definition) is 4. The lowest BCUT2D eigenvalue weighted by Gasteiger charge is -2.28. The van der Waals surface area contributed by atoms with E-state index in [4.69, 9.17) is 17.0 Å². The number of halogens is 2. The molecule has 1 N–H and O–H groups in total. The molecule has 0 aliphatic carbocycles. The molecule has 0 aromatic heterocycles. The molecule has 172 valence electrons. The van der Waals surface area contributed by atoms with Gasteiger partial charge < -0.3 is 4.74 Å². The molecule has 1 fully saturated rings. The maximum absolute atomic E-state index is 14.3. The number of nitrogens with one attached hydrogen (secondary N) is 1. The number of anilines is 1. The minimum atomic E-state index is -0.564. The number of hydrogen-bond donors (Lipinski definition) is 1. The highest BCUT2D eigenvalue weighted by molar-refractivity contribution is 14.1. The first-order valence-corrected chi connectivity index (χ1v) is 12.0. The molecule has 3 aromatic carbocycles. The Balaban J connectivity index is 1.73. The standard InChI is InChI=1S/C26H20FIN2O3S/c1-2-33-23-14-16(13-22(28)19(23)15-17-8-6-7-11-21(17)27)12-20-24(31)29-26(34)30(25(20)32)18-9-4-3-5-10-18/h3-14H,2,15H2,1H3,(H,29,31,34)/b20-12-. The van der Waals surface area contributed by atoms with Crippen LogP contribution in [0.5, 0.6) is 5.75 Å². The highest BCUT2D eigenvalue weighted by Crippen LogP contribution is 2.31. The molecule has 8 heteroatoms. The van der Waals surface area contributed by atoms with Crippen LogP contribution >= 0.6 is 34.8 Å². The van der Waals surface area contributed by atoms with Crippen LogP contribution in [0.4, 0.5) is 10.1 Å². The molecule has 0 bridgehead atoms. The Morgan fingerprint density at radius 1 is 1.09 bits per heavy atom. The Hall–Kier alpha value is -3.11. The van der Waals surface area contributed by atoms with Crippen LogP contribution in [0, 0.1) is 9.39 Å². The van der Waals surface area contributed by atoms with Crippen molar-refractivity contribution in [1.82, 2.24) is 5.32 Å². The van der Waals surface area contributed by atoms with E-state index in [-0.39, 0.29) is 16.5 Å². The second kappa shape index (κ2) is 10.4. The number of nitrogens with zero attached hydrogens (tertiary/aromatic N) is 1. The molecular formula is C26H20FIN2O3S. The normalized spacial score (nSPS) is 15.0. The van der Waals surface area contributed by atoms with Gasteiger partial charge >= 0.3 is 0 Å². The smallest absolute Gasteiger partial charge is 0.270 e. The summed E-state index contributed by atoms with van der Waals surface area (Å²) < 4.78 is 20.9. The van der Waals surface area contributed by atoms with E-state index >= 15 is 0 Å². The van der Waals surface area contributed by atoms with E-state index in [0.29, 0.717) is 35.6 Å². The SMILES string of the molecule is CCOc1cc(/C=C2/C(=O)NC(=S)N(c3ccccc3)C2=O)cc(I)c1Cc1ccccc1F. The van der Waals surface area contributed by atoms with E-state index in [9.17, 15) is 14.0 Å². The number of ether oxygens (including phenoxy) is 1. The lowest BCUT2D eigenvalue weighted by atomic mass is 10.00. The van der Waals surface area contributed by atoms with Gasteiger partial charge in [0.1, 0.15) is 17.1 Å².